The molecule has 0 bridgehead atoms. The van der Waals surface area contributed by atoms with Crippen molar-refractivity contribution in [2.45, 2.75) is 45.1 Å². The number of carbonyl (C=O) groups excluding carboxylic acids is 1. The summed E-state index contributed by atoms with van der Waals surface area (Å²) in [6.07, 6.45) is 0. The third-order valence-corrected chi connectivity index (χ3v) is 4.49. The van der Waals surface area contributed by atoms with Gasteiger partial charge in [-0.05, 0) is 44.9 Å². The molecule has 0 saturated heterocycles. The van der Waals surface area contributed by atoms with Crippen LogP contribution in [0.4, 0.5) is 0 Å². The first-order valence-electron chi connectivity index (χ1n) is 7.64. The summed E-state index contributed by atoms with van der Waals surface area (Å²) >= 11 is 6.07. The molecule has 0 aliphatic rings. The fourth-order valence-corrected chi connectivity index (χ4v) is 3.26. The molecule has 2 N–H and O–H groups in total. The second kappa shape index (κ2) is 8.18. The summed E-state index contributed by atoms with van der Waals surface area (Å²) in [5.41, 5.74) is -0.357. The van der Waals surface area contributed by atoms with Crippen LogP contribution in [0.15, 0.2) is 23.1 Å². The molecule has 8 heteroatoms. The van der Waals surface area contributed by atoms with Crippen LogP contribution in [0, 0.1) is 5.92 Å². The van der Waals surface area contributed by atoms with Crippen molar-refractivity contribution < 1.29 is 17.9 Å². The third-order valence-electron chi connectivity index (χ3n) is 2.77. The molecule has 0 aliphatic carbocycles. The number of rotatable bonds is 7. The van der Waals surface area contributed by atoms with E-state index in [0.717, 1.165) is 0 Å². The van der Waals surface area contributed by atoms with Crippen LogP contribution >= 0.6 is 11.6 Å². The van der Waals surface area contributed by atoms with Crippen LogP contribution < -0.4 is 14.8 Å². The zero-order valence-corrected chi connectivity index (χ0v) is 16.2. The van der Waals surface area contributed by atoms with Gasteiger partial charge in [0.2, 0.25) is 10.0 Å². The normalized spacial score (nSPS) is 12.3. The third kappa shape index (κ3) is 7.07. The van der Waals surface area contributed by atoms with Crippen molar-refractivity contribution in [1.82, 2.24) is 10.0 Å². The van der Waals surface area contributed by atoms with Crippen LogP contribution in [0.25, 0.3) is 0 Å². The molecule has 0 fully saturated rings. The molecule has 0 radical (unpaired) electrons. The van der Waals surface area contributed by atoms with Crippen molar-refractivity contribution in [2.24, 2.45) is 5.92 Å². The molecule has 136 valence electrons. The maximum absolute atomic E-state index is 12.1. The Morgan fingerprint density at radius 2 is 1.92 bits per heavy atom. The van der Waals surface area contributed by atoms with E-state index in [9.17, 15) is 13.2 Å². The van der Waals surface area contributed by atoms with Gasteiger partial charge >= 0.3 is 0 Å². The summed E-state index contributed by atoms with van der Waals surface area (Å²) in [5, 5.41) is 2.89. The second-order valence-corrected chi connectivity index (χ2v) is 9.10. The van der Waals surface area contributed by atoms with Gasteiger partial charge in [-0.1, -0.05) is 25.4 Å². The van der Waals surface area contributed by atoms with E-state index in [0.29, 0.717) is 6.54 Å². The fraction of sp³-hybridized carbons (Fsp3) is 0.562. The average Bonchev–Trinajstić information content (AvgIpc) is 2.42. The quantitative estimate of drug-likeness (QED) is 0.765. The molecule has 1 amide bonds. The smallest absolute Gasteiger partial charge is 0.258 e. The number of sulfonamides is 1. The minimum absolute atomic E-state index is 0.0552. The van der Waals surface area contributed by atoms with Crippen molar-refractivity contribution in [2.75, 3.05) is 13.2 Å². The maximum atomic E-state index is 12.1. The Labute approximate surface area is 149 Å². The summed E-state index contributed by atoms with van der Waals surface area (Å²) in [4.78, 5) is 11.8. The number of halogens is 1. The second-order valence-electron chi connectivity index (χ2n) is 6.92. The van der Waals surface area contributed by atoms with Crippen LogP contribution in [0.1, 0.15) is 34.6 Å². The lowest BCUT2D eigenvalue weighted by atomic mass is 10.1. The van der Waals surface area contributed by atoms with Crippen molar-refractivity contribution in [3.05, 3.63) is 23.2 Å². The van der Waals surface area contributed by atoms with Gasteiger partial charge in [0.05, 0.1) is 9.92 Å². The van der Waals surface area contributed by atoms with Crippen LogP contribution in [0.3, 0.4) is 0 Å². The minimum Gasteiger partial charge on any atom is -0.482 e. The molecule has 6 nitrogen and oxygen atoms in total. The van der Waals surface area contributed by atoms with Gasteiger partial charge in [0.15, 0.2) is 6.61 Å². The highest BCUT2D eigenvalue weighted by Gasteiger charge is 2.18. The van der Waals surface area contributed by atoms with E-state index in [2.05, 4.69) is 10.0 Å². The molecule has 0 atom stereocenters. The average molecular weight is 377 g/mol. The number of hydrogen-bond acceptors (Lipinski definition) is 4. The standard InChI is InChI=1S/C16H25ClN2O4S/c1-11(2)9-18-24(21,22)12-6-7-14(13(17)8-12)23-10-15(20)19-16(3,4)5/h6-8,11,18H,9-10H2,1-5H3,(H,19,20). The van der Waals surface area contributed by atoms with Gasteiger partial charge in [-0.25, -0.2) is 13.1 Å². The van der Waals surface area contributed by atoms with Crippen LogP contribution in [-0.2, 0) is 14.8 Å². The van der Waals surface area contributed by atoms with E-state index in [1.54, 1.807) is 0 Å². The first kappa shape index (κ1) is 20.7. The van der Waals surface area contributed by atoms with Gasteiger partial charge in [0.1, 0.15) is 5.75 Å². The van der Waals surface area contributed by atoms with Crippen LogP contribution in [-0.4, -0.2) is 33.0 Å². The summed E-state index contributed by atoms with van der Waals surface area (Å²) in [5.74, 6) is 0.164. The SMILES string of the molecule is CC(C)CNS(=O)(=O)c1ccc(OCC(=O)NC(C)(C)C)c(Cl)c1. The lowest BCUT2D eigenvalue weighted by Gasteiger charge is -2.20. The number of nitrogens with one attached hydrogen (secondary N) is 2. The van der Waals surface area contributed by atoms with Crippen molar-refractivity contribution in [3.63, 3.8) is 0 Å². The first-order chi connectivity index (χ1) is 10.9. The lowest BCUT2D eigenvalue weighted by Crippen LogP contribution is -2.43. The van der Waals surface area contributed by atoms with Crippen molar-refractivity contribution in [1.29, 1.82) is 0 Å². The zero-order valence-electron chi connectivity index (χ0n) is 14.6. The molecule has 0 aromatic heterocycles. The highest BCUT2D eigenvalue weighted by Crippen LogP contribution is 2.27. The van der Waals surface area contributed by atoms with Crippen LogP contribution in [0.2, 0.25) is 5.02 Å². The molecule has 0 aliphatic heterocycles. The van der Waals surface area contributed by atoms with E-state index in [1.807, 2.05) is 34.6 Å². The highest BCUT2D eigenvalue weighted by atomic mass is 35.5. The van der Waals surface area contributed by atoms with E-state index >= 15 is 0 Å². The minimum atomic E-state index is -3.62. The Kier molecular flexibility index (Phi) is 7.07. The largest absolute Gasteiger partial charge is 0.482 e. The van der Waals surface area contributed by atoms with Gasteiger partial charge < -0.3 is 10.1 Å². The van der Waals surface area contributed by atoms with Gasteiger partial charge in [-0.3, -0.25) is 4.79 Å². The number of hydrogen-bond donors (Lipinski definition) is 2. The molecule has 1 rings (SSSR count). The highest BCUT2D eigenvalue weighted by molar-refractivity contribution is 7.89. The van der Waals surface area contributed by atoms with E-state index < -0.39 is 10.0 Å². The molecule has 0 unspecified atom stereocenters. The van der Waals surface area contributed by atoms with Gasteiger partial charge in [-0.2, -0.15) is 0 Å². The Morgan fingerprint density at radius 3 is 2.42 bits per heavy atom. The van der Waals surface area contributed by atoms with Crippen molar-refractivity contribution in [3.8, 4) is 5.75 Å². The lowest BCUT2D eigenvalue weighted by molar-refractivity contribution is -0.124. The molecule has 0 saturated carbocycles. The molecular weight excluding hydrogens is 352 g/mol. The predicted octanol–water partition coefficient (Wildman–Crippen LogP) is 2.57. The van der Waals surface area contributed by atoms with Gasteiger partial charge in [-0.15, -0.1) is 0 Å². The summed E-state index contributed by atoms with van der Waals surface area (Å²) in [6, 6.07) is 4.14. The van der Waals surface area contributed by atoms with E-state index in [1.165, 1.54) is 18.2 Å². The summed E-state index contributed by atoms with van der Waals surface area (Å²) in [6.45, 7) is 9.55. The topological polar surface area (TPSA) is 84.5 Å². The molecule has 1 aromatic rings. The maximum Gasteiger partial charge on any atom is 0.258 e. The Hall–Kier alpha value is -1.31. The Bertz CT molecular complexity index is 682. The number of amides is 1. The van der Waals surface area contributed by atoms with E-state index in [4.69, 9.17) is 16.3 Å². The zero-order chi connectivity index (χ0) is 18.5. The Balaban J connectivity index is 2.76. The molecule has 0 heterocycles. The molecule has 24 heavy (non-hydrogen) atoms. The monoisotopic (exact) mass is 376 g/mol. The van der Waals surface area contributed by atoms with Gasteiger partial charge in [0.25, 0.3) is 5.91 Å². The van der Waals surface area contributed by atoms with Gasteiger partial charge in [0, 0.05) is 12.1 Å². The summed E-state index contributed by atoms with van der Waals surface area (Å²) in [7, 11) is -3.62. The summed E-state index contributed by atoms with van der Waals surface area (Å²) < 4.78 is 32.2. The number of carbonyl (C=O) groups is 1. The molecule has 0 spiro atoms. The fourth-order valence-electron chi connectivity index (χ4n) is 1.72. The molecule has 1 aromatic carbocycles. The van der Waals surface area contributed by atoms with Crippen molar-refractivity contribution >= 4 is 27.5 Å². The first-order valence-corrected chi connectivity index (χ1v) is 9.50. The molecular formula is C16H25ClN2O4S. The van der Waals surface area contributed by atoms with E-state index in [-0.39, 0.29) is 39.6 Å². The number of benzene rings is 1. The van der Waals surface area contributed by atoms with Crippen LogP contribution in [0.5, 0.6) is 5.75 Å². The predicted molar refractivity (Wildman–Crippen MR) is 94.9 cm³/mol. The Morgan fingerprint density at radius 1 is 1.29 bits per heavy atom. The number of ether oxygens (including phenoxy) is 1.